The van der Waals surface area contributed by atoms with Crippen LogP contribution in [0.1, 0.15) is 10.5 Å². The minimum absolute atomic E-state index is 0.0818. The first kappa shape index (κ1) is 13.0. The summed E-state index contributed by atoms with van der Waals surface area (Å²) in [4.78, 5) is 17.2. The van der Waals surface area contributed by atoms with E-state index in [1.54, 1.807) is 12.3 Å². The molecule has 4 nitrogen and oxygen atoms in total. The molecule has 0 aliphatic carbocycles. The van der Waals surface area contributed by atoms with Crippen LogP contribution in [0.4, 0.5) is 5.69 Å². The molecule has 1 aromatic carbocycles. The van der Waals surface area contributed by atoms with Gasteiger partial charge in [-0.2, -0.15) is 0 Å². The highest BCUT2D eigenvalue weighted by Gasteiger charge is 2.41. The third kappa shape index (κ3) is 2.24. The number of para-hydroxylation sites is 1. The van der Waals surface area contributed by atoms with Crippen LogP contribution in [0, 0.1) is 0 Å². The predicted octanol–water partition coefficient (Wildman–Crippen LogP) is 1.83. The van der Waals surface area contributed by atoms with Gasteiger partial charge in [-0.05, 0) is 24.3 Å². The lowest BCUT2D eigenvalue weighted by Crippen LogP contribution is -2.63. The molecule has 102 valence electrons. The Hall–Kier alpha value is -2.04. The highest BCUT2D eigenvalue weighted by molar-refractivity contribution is 6.00. The van der Waals surface area contributed by atoms with Crippen LogP contribution in [0.15, 0.2) is 54.7 Å². The molecule has 2 aromatic rings. The van der Waals surface area contributed by atoms with Gasteiger partial charge in [-0.1, -0.05) is 24.3 Å². The Morgan fingerprint density at radius 1 is 1.00 bits per heavy atom. The fourth-order valence-corrected chi connectivity index (χ4v) is 2.78. The molecule has 2 heterocycles. The van der Waals surface area contributed by atoms with Crippen molar-refractivity contribution in [2.75, 3.05) is 26.2 Å². The molecule has 1 N–H and O–H groups in total. The summed E-state index contributed by atoms with van der Waals surface area (Å²) in [5.41, 5.74) is 1.59. The normalized spacial score (nSPS) is 17.6. The molecule has 1 aromatic heterocycles. The summed E-state index contributed by atoms with van der Waals surface area (Å²) < 4.78 is 0.352. The number of benzene rings is 1. The second kappa shape index (κ2) is 5.53. The number of hydrogen-bond donors (Lipinski definition) is 1. The number of nitrogens with zero attached hydrogens (tertiary/aromatic N) is 2. The van der Waals surface area contributed by atoms with Crippen LogP contribution in [0.25, 0.3) is 0 Å². The van der Waals surface area contributed by atoms with Crippen LogP contribution in [0.5, 0.6) is 0 Å². The third-order valence-electron chi connectivity index (χ3n) is 3.86. The summed E-state index contributed by atoms with van der Waals surface area (Å²) in [6, 6.07) is 15.5. The van der Waals surface area contributed by atoms with Crippen molar-refractivity contribution in [2.24, 2.45) is 0 Å². The minimum Gasteiger partial charge on any atom is -0.306 e. The van der Waals surface area contributed by atoms with Gasteiger partial charge in [-0.15, -0.1) is 0 Å². The molecule has 0 spiro atoms. The first-order chi connectivity index (χ1) is 9.83. The number of piperazine rings is 1. The van der Waals surface area contributed by atoms with Crippen molar-refractivity contribution in [3.8, 4) is 0 Å². The van der Waals surface area contributed by atoms with Gasteiger partial charge in [-0.3, -0.25) is 0 Å². The van der Waals surface area contributed by atoms with Crippen molar-refractivity contribution in [2.45, 2.75) is 0 Å². The van der Waals surface area contributed by atoms with E-state index in [0.29, 0.717) is 10.2 Å². The Morgan fingerprint density at radius 3 is 2.35 bits per heavy atom. The van der Waals surface area contributed by atoms with E-state index in [2.05, 4.69) is 10.3 Å². The third-order valence-corrected chi connectivity index (χ3v) is 3.86. The summed E-state index contributed by atoms with van der Waals surface area (Å²) in [6.45, 7) is 3.21. The fourth-order valence-electron chi connectivity index (χ4n) is 2.78. The average molecular weight is 268 g/mol. The largest absolute Gasteiger partial charge is 0.369 e. The van der Waals surface area contributed by atoms with E-state index in [9.17, 15) is 4.79 Å². The first-order valence-corrected chi connectivity index (χ1v) is 6.92. The second-order valence-electron chi connectivity index (χ2n) is 5.02. The molecule has 1 fully saturated rings. The summed E-state index contributed by atoms with van der Waals surface area (Å²) in [6.07, 6.45) is 1.68. The van der Waals surface area contributed by atoms with Gasteiger partial charge in [0.1, 0.15) is 18.8 Å². The standard InChI is InChI=1S/C16H18N3O/c20-16(15-8-4-5-9-18-15)19(12-10-17-11-13-19)14-6-2-1-3-7-14/h1-9,17H,10-13H2/q+1. The van der Waals surface area contributed by atoms with Gasteiger partial charge >= 0.3 is 5.91 Å². The number of rotatable bonds is 2. The predicted molar refractivity (Wildman–Crippen MR) is 79.4 cm³/mol. The first-order valence-electron chi connectivity index (χ1n) is 6.92. The topological polar surface area (TPSA) is 42.0 Å². The van der Waals surface area contributed by atoms with Gasteiger partial charge in [-0.25, -0.2) is 14.3 Å². The smallest absolute Gasteiger partial charge is 0.306 e. The zero-order valence-electron chi connectivity index (χ0n) is 11.3. The number of carbonyl (C=O) groups is 1. The lowest BCUT2D eigenvalue weighted by atomic mass is 10.1. The summed E-state index contributed by atoms with van der Waals surface area (Å²) in [5, 5.41) is 3.33. The van der Waals surface area contributed by atoms with Crippen LogP contribution in [-0.2, 0) is 0 Å². The van der Waals surface area contributed by atoms with Crippen LogP contribution in [0.2, 0.25) is 0 Å². The van der Waals surface area contributed by atoms with Gasteiger partial charge in [0.05, 0.1) is 0 Å². The minimum atomic E-state index is 0.0818. The van der Waals surface area contributed by atoms with Crippen molar-refractivity contribution < 1.29 is 4.79 Å². The number of quaternary nitrogens is 1. The molecule has 0 radical (unpaired) electrons. The molecule has 3 rings (SSSR count). The van der Waals surface area contributed by atoms with E-state index >= 15 is 0 Å². The molecule has 0 saturated carbocycles. The molecule has 1 amide bonds. The maximum atomic E-state index is 13.0. The number of carbonyl (C=O) groups excluding carboxylic acids is 1. The van der Waals surface area contributed by atoms with Crippen molar-refractivity contribution in [3.05, 3.63) is 60.4 Å². The number of hydrogen-bond acceptors (Lipinski definition) is 3. The van der Waals surface area contributed by atoms with Crippen LogP contribution in [0.3, 0.4) is 0 Å². The van der Waals surface area contributed by atoms with Gasteiger partial charge in [0.2, 0.25) is 0 Å². The molecular formula is C16H18N3O+. The zero-order chi connectivity index (χ0) is 13.8. The lowest BCUT2D eigenvalue weighted by molar-refractivity contribution is 0.0737. The Labute approximate surface area is 118 Å². The van der Waals surface area contributed by atoms with E-state index in [4.69, 9.17) is 0 Å². The molecule has 1 aliphatic rings. The Morgan fingerprint density at radius 2 is 1.70 bits per heavy atom. The van der Waals surface area contributed by atoms with Gasteiger partial charge in [0.15, 0.2) is 5.69 Å². The molecule has 4 heteroatoms. The van der Waals surface area contributed by atoms with Crippen LogP contribution < -0.4 is 9.80 Å². The Balaban J connectivity index is 2.05. The second-order valence-corrected chi connectivity index (χ2v) is 5.02. The molecular weight excluding hydrogens is 250 g/mol. The maximum Gasteiger partial charge on any atom is 0.369 e. The average Bonchev–Trinajstić information content (AvgIpc) is 2.56. The van der Waals surface area contributed by atoms with E-state index in [1.807, 2.05) is 42.5 Å². The molecule has 1 saturated heterocycles. The van der Waals surface area contributed by atoms with Gasteiger partial charge in [0.25, 0.3) is 0 Å². The number of nitrogens with one attached hydrogen (secondary N) is 1. The SMILES string of the molecule is O=C(c1ccccn1)[N+]1(c2ccccc2)CCNCC1. The monoisotopic (exact) mass is 268 g/mol. The van der Waals surface area contributed by atoms with Crippen molar-refractivity contribution in [3.63, 3.8) is 0 Å². The number of aromatic nitrogens is 1. The van der Waals surface area contributed by atoms with Crippen LogP contribution >= 0.6 is 0 Å². The number of pyridine rings is 1. The van der Waals surface area contributed by atoms with Gasteiger partial charge in [0, 0.05) is 19.3 Å². The molecule has 0 unspecified atom stereocenters. The number of amides is 1. The van der Waals surface area contributed by atoms with E-state index < -0.39 is 0 Å². The summed E-state index contributed by atoms with van der Waals surface area (Å²) in [5.74, 6) is 0.0818. The molecule has 0 bridgehead atoms. The van der Waals surface area contributed by atoms with Crippen molar-refractivity contribution in [1.29, 1.82) is 0 Å². The van der Waals surface area contributed by atoms with E-state index in [0.717, 1.165) is 31.9 Å². The maximum absolute atomic E-state index is 13.0. The fraction of sp³-hybridized carbons (Fsp3) is 0.250. The van der Waals surface area contributed by atoms with Crippen molar-refractivity contribution >= 4 is 11.6 Å². The Kier molecular flexibility index (Phi) is 3.58. The van der Waals surface area contributed by atoms with E-state index in [-0.39, 0.29) is 5.91 Å². The summed E-state index contributed by atoms with van der Waals surface area (Å²) in [7, 11) is 0. The highest BCUT2D eigenvalue weighted by Crippen LogP contribution is 2.26. The van der Waals surface area contributed by atoms with E-state index in [1.165, 1.54) is 0 Å². The van der Waals surface area contributed by atoms with Gasteiger partial charge < -0.3 is 5.32 Å². The van der Waals surface area contributed by atoms with Crippen molar-refractivity contribution in [1.82, 2.24) is 14.8 Å². The lowest BCUT2D eigenvalue weighted by Gasteiger charge is -2.38. The van der Waals surface area contributed by atoms with Crippen LogP contribution in [-0.4, -0.2) is 37.1 Å². The zero-order valence-corrected chi connectivity index (χ0v) is 11.3. The quantitative estimate of drug-likeness (QED) is 0.845. The summed E-state index contributed by atoms with van der Waals surface area (Å²) >= 11 is 0. The molecule has 1 aliphatic heterocycles. The molecule has 0 atom stereocenters. The molecule has 20 heavy (non-hydrogen) atoms. The highest BCUT2D eigenvalue weighted by atomic mass is 16.2. The Bertz CT molecular complexity index is 577.